The van der Waals surface area contributed by atoms with Gasteiger partial charge in [0.2, 0.25) is 17.7 Å². The topological polar surface area (TPSA) is 83.0 Å². The summed E-state index contributed by atoms with van der Waals surface area (Å²) in [7, 11) is 0. The van der Waals surface area contributed by atoms with Crippen molar-refractivity contribution in [1.29, 1.82) is 0 Å². The molecule has 0 saturated heterocycles. The Kier molecular flexibility index (Phi) is 4.05. The first kappa shape index (κ1) is 15.6. The fourth-order valence-corrected chi connectivity index (χ4v) is 2.71. The van der Waals surface area contributed by atoms with Gasteiger partial charge < -0.3 is 15.7 Å². The minimum atomic E-state index is -0.219. The molecule has 6 heteroatoms. The van der Waals surface area contributed by atoms with E-state index in [0.29, 0.717) is 23.8 Å². The third-order valence-electron chi connectivity index (χ3n) is 5.16. The lowest BCUT2D eigenvalue weighted by atomic mass is 10.1. The van der Waals surface area contributed by atoms with E-state index in [9.17, 15) is 5.11 Å². The van der Waals surface area contributed by atoms with Crippen LogP contribution in [0.1, 0.15) is 51.3 Å². The Morgan fingerprint density at radius 3 is 2.54 bits per heavy atom. The number of anilines is 2. The van der Waals surface area contributed by atoms with Crippen molar-refractivity contribution in [1.82, 2.24) is 15.0 Å². The summed E-state index contributed by atoms with van der Waals surface area (Å²) in [6.07, 6.45) is 7.03. The van der Waals surface area contributed by atoms with Gasteiger partial charge in [0.1, 0.15) is 0 Å². The van der Waals surface area contributed by atoms with Gasteiger partial charge in [-0.15, -0.1) is 0 Å². The van der Waals surface area contributed by atoms with Gasteiger partial charge in [-0.25, -0.2) is 0 Å². The minimum absolute atomic E-state index is 0.113. The van der Waals surface area contributed by atoms with Gasteiger partial charge in [-0.05, 0) is 63.2 Å². The highest BCUT2D eigenvalue weighted by molar-refractivity contribution is 5.40. The average Bonchev–Trinajstić information content (AvgIpc) is 3.47. The van der Waals surface area contributed by atoms with Gasteiger partial charge in [0, 0.05) is 12.6 Å². The second kappa shape index (κ2) is 6.21. The van der Waals surface area contributed by atoms with Gasteiger partial charge in [-0.3, -0.25) is 0 Å². The van der Waals surface area contributed by atoms with E-state index in [-0.39, 0.29) is 12.0 Å². The van der Waals surface area contributed by atoms with Gasteiger partial charge in [-0.2, -0.15) is 15.0 Å². The summed E-state index contributed by atoms with van der Waals surface area (Å²) < 4.78 is 0. The lowest BCUT2D eigenvalue weighted by Gasteiger charge is -2.13. The molecule has 1 unspecified atom stereocenters. The number of aliphatic hydroxyl groups is 1. The lowest BCUT2D eigenvalue weighted by Crippen LogP contribution is -2.20. The maximum atomic E-state index is 9.40. The zero-order valence-electron chi connectivity index (χ0n) is 14.2. The van der Waals surface area contributed by atoms with Crippen molar-refractivity contribution in [2.45, 2.75) is 51.5 Å². The maximum Gasteiger partial charge on any atom is 0.228 e. The predicted octanol–water partition coefficient (Wildman–Crippen LogP) is 2.03. The summed E-state index contributed by atoms with van der Waals surface area (Å²) in [5.41, 5.74) is -0.219. The summed E-state index contributed by atoms with van der Waals surface area (Å²) >= 11 is 0. The molecule has 0 radical (unpaired) electrons. The third kappa shape index (κ3) is 3.96. The molecule has 3 saturated carbocycles. The SMILES string of the molecule is CC(Nc1nc(C#CC2(CO)CC2)nc(NCC2CC2)n1)C1CC1. The molecule has 3 aliphatic carbocycles. The van der Waals surface area contributed by atoms with E-state index >= 15 is 0 Å². The Hall–Kier alpha value is -1.87. The Morgan fingerprint density at radius 1 is 1.17 bits per heavy atom. The van der Waals surface area contributed by atoms with E-state index in [0.717, 1.165) is 31.2 Å². The van der Waals surface area contributed by atoms with Crippen LogP contribution in [0.3, 0.4) is 0 Å². The van der Waals surface area contributed by atoms with E-state index < -0.39 is 0 Å². The molecule has 0 amide bonds. The van der Waals surface area contributed by atoms with E-state index in [1.54, 1.807) is 0 Å². The van der Waals surface area contributed by atoms with Crippen LogP contribution in [-0.4, -0.2) is 39.3 Å². The monoisotopic (exact) mass is 327 g/mol. The molecule has 0 aromatic carbocycles. The molecule has 3 fully saturated rings. The molecule has 4 rings (SSSR count). The van der Waals surface area contributed by atoms with Crippen molar-refractivity contribution in [2.75, 3.05) is 23.8 Å². The third-order valence-corrected chi connectivity index (χ3v) is 5.16. The van der Waals surface area contributed by atoms with E-state index in [2.05, 4.69) is 44.4 Å². The highest BCUT2D eigenvalue weighted by Crippen LogP contribution is 2.44. The molecule has 6 nitrogen and oxygen atoms in total. The van der Waals surface area contributed by atoms with Crippen LogP contribution in [0.15, 0.2) is 0 Å². The summed E-state index contributed by atoms with van der Waals surface area (Å²) in [6.45, 7) is 3.20. The predicted molar refractivity (Wildman–Crippen MR) is 92.5 cm³/mol. The van der Waals surface area contributed by atoms with Crippen LogP contribution in [0.25, 0.3) is 0 Å². The molecule has 1 heterocycles. The van der Waals surface area contributed by atoms with Crippen molar-refractivity contribution < 1.29 is 5.11 Å². The van der Waals surface area contributed by atoms with Crippen LogP contribution in [-0.2, 0) is 0 Å². The van der Waals surface area contributed by atoms with Gasteiger partial charge in [0.15, 0.2) is 0 Å². The molecular weight excluding hydrogens is 302 g/mol. The van der Waals surface area contributed by atoms with Gasteiger partial charge >= 0.3 is 0 Å². The second-order valence-corrected chi connectivity index (χ2v) is 7.59. The Labute approximate surface area is 142 Å². The standard InChI is InChI=1S/C18H25N5O/c1-12(14-4-5-14)20-17-22-15(6-7-18(11-24)8-9-18)21-16(23-17)19-10-13-2-3-13/h12-14,24H,2-5,8-11H2,1H3,(H2,19,20,21,22,23). The smallest absolute Gasteiger partial charge is 0.228 e. The first-order valence-electron chi connectivity index (χ1n) is 9.06. The molecule has 128 valence electrons. The summed E-state index contributed by atoms with van der Waals surface area (Å²) in [4.78, 5) is 13.4. The molecule has 0 aliphatic heterocycles. The molecule has 24 heavy (non-hydrogen) atoms. The van der Waals surface area contributed by atoms with Crippen LogP contribution in [0.4, 0.5) is 11.9 Å². The van der Waals surface area contributed by atoms with Crippen LogP contribution < -0.4 is 10.6 Å². The zero-order valence-corrected chi connectivity index (χ0v) is 14.2. The summed E-state index contributed by atoms with van der Waals surface area (Å²) in [6, 6.07) is 0.372. The summed E-state index contributed by atoms with van der Waals surface area (Å²) in [5, 5.41) is 16.1. The Bertz CT molecular complexity index is 668. The maximum absolute atomic E-state index is 9.40. The number of nitrogens with one attached hydrogen (secondary N) is 2. The van der Waals surface area contributed by atoms with E-state index in [1.165, 1.54) is 25.7 Å². The van der Waals surface area contributed by atoms with Crippen molar-refractivity contribution in [2.24, 2.45) is 17.3 Å². The second-order valence-electron chi connectivity index (χ2n) is 7.59. The zero-order chi connectivity index (χ0) is 16.6. The molecule has 1 aromatic heterocycles. The lowest BCUT2D eigenvalue weighted by molar-refractivity contribution is 0.247. The normalized spacial score (nSPS) is 22.2. The largest absolute Gasteiger partial charge is 0.395 e. The molecule has 3 N–H and O–H groups in total. The number of aliphatic hydroxyl groups excluding tert-OH is 1. The first-order valence-corrected chi connectivity index (χ1v) is 9.06. The number of hydrogen-bond acceptors (Lipinski definition) is 6. The average molecular weight is 327 g/mol. The van der Waals surface area contributed by atoms with Crippen molar-refractivity contribution >= 4 is 11.9 Å². The van der Waals surface area contributed by atoms with Crippen LogP contribution in [0.5, 0.6) is 0 Å². The molecule has 3 aliphatic rings. The quantitative estimate of drug-likeness (QED) is 0.665. The van der Waals surface area contributed by atoms with Crippen LogP contribution in [0, 0.1) is 29.1 Å². The van der Waals surface area contributed by atoms with Crippen molar-refractivity contribution in [3.05, 3.63) is 5.82 Å². The number of nitrogens with zero attached hydrogens (tertiary/aromatic N) is 3. The Balaban J connectivity index is 1.52. The fraction of sp³-hybridized carbons (Fsp3) is 0.722. The molecule has 0 bridgehead atoms. The summed E-state index contributed by atoms with van der Waals surface area (Å²) in [5.74, 6) is 9.35. The van der Waals surface area contributed by atoms with E-state index in [1.807, 2.05) is 0 Å². The highest BCUT2D eigenvalue weighted by Gasteiger charge is 2.40. The number of rotatable bonds is 7. The van der Waals surface area contributed by atoms with Gasteiger partial charge in [-0.1, -0.05) is 5.92 Å². The van der Waals surface area contributed by atoms with Gasteiger partial charge in [0.05, 0.1) is 12.0 Å². The van der Waals surface area contributed by atoms with Crippen LogP contribution in [0.2, 0.25) is 0 Å². The first-order chi connectivity index (χ1) is 11.7. The number of aromatic nitrogens is 3. The Morgan fingerprint density at radius 2 is 1.92 bits per heavy atom. The highest BCUT2D eigenvalue weighted by atomic mass is 16.3. The van der Waals surface area contributed by atoms with Crippen molar-refractivity contribution in [3.8, 4) is 11.8 Å². The fourth-order valence-electron chi connectivity index (χ4n) is 2.71. The molecule has 0 spiro atoms. The van der Waals surface area contributed by atoms with E-state index in [4.69, 9.17) is 0 Å². The van der Waals surface area contributed by atoms with Crippen LogP contribution >= 0.6 is 0 Å². The minimum Gasteiger partial charge on any atom is -0.395 e. The van der Waals surface area contributed by atoms with Gasteiger partial charge in [0.25, 0.3) is 0 Å². The molecule has 1 aromatic rings. The molecule has 1 atom stereocenters. The molecular formula is C18H25N5O. The number of hydrogen-bond donors (Lipinski definition) is 3. The van der Waals surface area contributed by atoms with Crippen molar-refractivity contribution in [3.63, 3.8) is 0 Å².